The first-order valence-electron chi connectivity index (χ1n) is 17.2. The fourth-order valence-corrected chi connectivity index (χ4v) is 8.14. The lowest BCUT2D eigenvalue weighted by Gasteiger charge is -2.39. The van der Waals surface area contributed by atoms with Gasteiger partial charge in [-0.05, 0) is 74.3 Å². The van der Waals surface area contributed by atoms with E-state index in [0.717, 1.165) is 39.6 Å². The van der Waals surface area contributed by atoms with Crippen LogP contribution in [0.15, 0.2) is 187 Å². The highest BCUT2D eigenvalue weighted by molar-refractivity contribution is 6.13. The normalized spacial score (nSPS) is 16.1. The van der Waals surface area contributed by atoms with E-state index in [4.69, 9.17) is 9.73 Å². The highest BCUT2D eigenvalue weighted by Gasteiger charge is 2.50. The summed E-state index contributed by atoms with van der Waals surface area (Å²) in [5.74, 6) is 1.82. The minimum atomic E-state index is -0.454. The van der Waals surface area contributed by atoms with Crippen LogP contribution in [-0.4, -0.2) is 5.71 Å². The molecule has 2 heterocycles. The van der Waals surface area contributed by atoms with Gasteiger partial charge in [-0.15, -0.1) is 0 Å². The molecule has 0 bridgehead atoms. The molecular formula is C47H32N2O. The summed E-state index contributed by atoms with van der Waals surface area (Å²) in [6, 6.07) is 62.7. The Bertz CT molecular complexity index is 2430. The van der Waals surface area contributed by atoms with Crippen LogP contribution in [0.5, 0.6) is 11.5 Å². The molecule has 2 aliphatic heterocycles. The average molecular weight is 641 g/mol. The van der Waals surface area contributed by atoms with Gasteiger partial charge in [-0.3, -0.25) is 4.99 Å². The molecule has 0 saturated carbocycles. The number of aliphatic imine (C=N–C) groups is 1. The minimum Gasteiger partial charge on any atom is -0.457 e. The summed E-state index contributed by atoms with van der Waals surface area (Å²) in [4.78, 5) is 5.18. The Morgan fingerprint density at radius 3 is 1.72 bits per heavy atom. The summed E-state index contributed by atoms with van der Waals surface area (Å²) >= 11 is 0. The predicted octanol–water partition coefficient (Wildman–Crippen LogP) is 11.0. The average Bonchev–Trinajstić information content (AvgIpc) is 3.48. The first-order valence-corrected chi connectivity index (χ1v) is 17.2. The topological polar surface area (TPSA) is 33.6 Å². The van der Waals surface area contributed by atoms with Crippen molar-refractivity contribution in [2.75, 3.05) is 0 Å². The first kappa shape index (κ1) is 28.6. The van der Waals surface area contributed by atoms with Gasteiger partial charge in [-0.2, -0.15) is 0 Å². The van der Waals surface area contributed by atoms with Crippen molar-refractivity contribution in [1.82, 2.24) is 5.32 Å². The lowest BCUT2D eigenvalue weighted by atomic mass is 9.66. The maximum atomic E-state index is 6.49. The second kappa shape index (κ2) is 11.3. The molecule has 10 rings (SSSR count). The van der Waals surface area contributed by atoms with Crippen LogP contribution in [0, 0.1) is 0 Å². The summed E-state index contributed by atoms with van der Waals surface area (Å²) in [5, 5.41) is 3.70. The zero-order chi connectivity index (χ0) is 33.1. The molecule has 1 aliphatic carbocycles. The number of allylic oxidation sites excluding steroid dienone is 1. The number of para-hydroxylation sites is 2. The molecule has 3 aliphatic rings. The molecular weight excluding hydrogens is 609 g/mol. The Hall–Kier alpha value is -6.45. The third-order valence-electron chi connectivity index (χ3n) is 10.4. The smallest absolute Gasteiger partial charge is 0.145 e. The van der Waals surface area contributed by atoms with E-state index in [0.29, 0.717) is 0 Å². The maximum Gasteiger partial charge on any atom is 0.145 e. The van der Waals surface area contributed by atoms with Gasteiger partial charge in [0.15, 0.2) is 0 Å². The van der Waals surface area contributed by atoms with Crippen molar-refractivity contribution in [3.63, 3.8) is 0 Å². The van der Waals surface area contributed by atoms with Crippen LogP contribution in [0.1, 0.15) is 45.1 Å². The number of benzene rings is 7. The number of fused-ring (bicyclic) bond motifs is 9. The summed E-state index contributed by atoms with van der Waals surface area (Å²) in [6.07, 6.45) is 1.94. The molecule has 7 aromatic carbocycles. The lowest BCUT2D eigenvalue weighted by Crippen LogP contribution is -2.32. The fraction of sp³-hybridized carbons (Fsp3) is 0.0426. The summed E-state index contributed by atoms with van der Waals surface area (Å²) in [7, 11) is 0. The van der Waals surface area contributed by atoms with Crippen LogP contribution in [0.25, 0.3) is 28.0 Å². The second-order valence-electron chi connectivity index (χ2n) is 13.1. The van der Waals surface area contributed by atoms with E-state index in [9.17, 15) is 0 Å². The molecule has 3 nitrogen and oxygen atoms in total. The van der Waals surface area contributed by atoms with E-state index in [1.165, 1.54) is 44.5 Å². The second-order valence-corrected chi connectivity index (χ2v) is 13.1. The molecule has 1 spiro atoms. The molecule has 50 heavy (non-hydrogen) atoms. The number of ether oxygens (including phenoxy) is 1. The summed E-state index contributed by atoms with van der Waals surface area (Å²) < 4.78 is 6.49. The highest BCUT2D eigenvalue weighted by atomic mass is 16.5. The number of nitrogens with one attached hydrogen (secondary N) is 1. The van der Waals surface area contributed by atoms with Gasteiger partial charge in [0.2, 0.25) is 0 Å². The molecule has 7 aromatic rings. The number of rotatable bonds is 4. The minimum absolute atomic E-state index is 0.208. The number of nitrogens with zero attached hydrogens (tertiary/aromatic N) is 1. The Kier molecular flexibility index (Phi) is 6.47. The molecule has 1 atom stereocenters. The molecule has 236 valence electrons. The molecule has 0 aromatic heterocycles. The lowest BCUT2D eigenvalue weighted by molar-refractivity contribution is 0.436. The molecule has 1 unspecified atom stereocenters. The van der Waals surface area contributed by atoms with Gasteiger partial charge in [-0.1, -0.05) is 158 Å². The van der Waals surface area contributed by atoms with Gasteiger partial charge in [0, 0.05) is 16.8 Å². The monoisotopic (exact) mass is 640 g/mol. The van der Waals surface area contributed by atoms with Gasteiger partial charge in [-0.25, -0.2) is 0 Å². The van der Waals surface area contributed by atoms with Gasteiger partial charge in [0.1, 0.15) is 17.7 Å². The first-order chi connectivity index (χ1) is 24.8. The molecule has 0 saturated heterocycles. The van der Waals surface area contributed by atoms with Crippen LogP contribution in [0.4, 0.5) is 0 Å². The van der Waals surface area contributed by atoms with Crippen molar-refractivity contribution in [1.29, 1.82) is 0 Å². The Labute approximate surface area is 291 Å². The maximum absolute atomic E-state index is 6.49. The van der Waals surface area contributed by atoms with E-state index in [1.54, 1.807) is 0 Å². The Morgan fingerprint density at radius 2 is 1.02 bits per heavy atom. The quantitative estimate of drug-likeness (QED) is 0.208. The van der Waals surface area contributed by atoms with Gasteiger partial charge in [0.05, 0.1) is 11.1 Å². The molecule has 0 amide bonds. The van der Waals surface area contributed by atoms with Crippen molar-refractivity contribution in [3.8, 4) is 33.8 Å². The highest BCUT2D eigenvalue weighted by Crippen LogP contribution is 2.62. The predicted molar refractivity (Wildman–Crippen MR) is 203 cm³/mol. The fourth-order valence-electron chi connectivity index (χ4n) is 8.14. The van der Waals surface area contributed by atoms with Crippen molar-refractivity contribution in [2.45, 2.75) is 11.6 Å². The van der Waals surface area contributed by atoms with E-state index in [1.807, 2.05) is 12.1 Å². The van der Waals surface area contributed by atoms with Gasteiger partial charge in [0.25, 0.3) is 0 Å². The standard InChI is InChI=1S/C47H32N2O/c1-3-13-32(14-4-1)42-30-43(33-15-5-2-6-16-33)49-46(48-42)34-25-23-31(24-26-34)35-27-28-39-37(29-35)36-17-7-8-18-38(36)47(39)40-19-9-11-21-44(40)50-45-22-12-10-20-41(45)47/h1-30,46,48H. The van der Waals surface area contributed by atoms with Crippen molar-refractivity contribution < 1.29 is 4.74 Å². The van der Waals surface area contributed by atoms with Crippen LogP contribution in [0.2, 0.25) is 0 Å². The van der Waals surface area contributed by atoms with Crippen molar-refractivity contribution in [2.24, 2.45) is 4.99 Å². The Morgan fingerprint density at radius 1 is 0.460 bits per heavy atom. The third-order valence-corrected chi connectivity index (χ3v) is 10.4. The van der Waals surface area contributed by atoms with E-state index >= 15 is 0 Å². The largest absolute Gasteiger partial charge is 0.457 e. The van der Waals surface area contributed by atoms with E-state index in [-0.39, 0.29) is 6.17 Å². The zero-order valence-electron chi connectivity index (χ0n) is 27.3. The van der Waals surface area contributed by atoms with Crippen LogP contribution in [0.3, 0.4) is 0 Å². The third kappa shape index (κ3) is 4.33. The molecule has 0 radical (unpaired) electrons. The van der Waals surface area contributed by atoms with Gasteiger partial charge >= 0.3 is 0 Å². The van der Waals surface area contributed by atoms with Crippen LogP contribution >= 0.6 is 0 Å². The van der Waals surface area contributed by atoms with Crippen LogP contribution < -0.4 is 10.1 Å². The van der Waals surface area contributed by atoms with Crippen molar-refractivity contribution in [3.05, 3.63) is 221 Å². The molecule has 0 fully saturated rings. The summed E-state index contributed by atoms with van der Waals surface area (Å²) in [6.45, 7) is 0. The summed E-state index contributed by atoms with van der Waals surface area (Å²) in [5.41, 5.74) is 14.8. The SMILES string of the molecule is C1=C(c2ccccc2)NC(c2ccc(-c3ccc4c(c3)-c3ccccc3C43c4ccccc4Oc4ccccc43)cc2)N=C1c1ccccc1. The van der Waals surface area contributed by atoms with Crippen LogP contribution in [-0.2, 0) is 5.41 Å². The molecule has 3 heteroatoms. The van der Waals surface area contributed by atoms with Gasteiger partial charge < -0.3 is 10.1 Å². The van der Waals surface area contributed by atoms with Crippen molar-refractivity contribution >= 4 is 11.4 Å². The molecule has 1 N–H and O–H groups in total. The van der Waals surface area contributed by atoms with E-state index < -0.39 is 5.41 Å². The number of hydrogen-bond donors (Lipinski definition) is 1. The zero-order valence-corrected chi connectivity index (χ0v) is 27.3. The Balaban J connectivity index is 1.05. The number of hydrogen-bond acceptors (Lipinski definition) is 3. The van der Waals surface area contributed by atoms with E-state index in [2.05, 4.69) is 175 Å².